The highest BCUT2D eigenvalue weighted by Gasteiger charge is 2.18. The average Bonchev–Trinajstić information content (AvgIpc) is 2.15. The minimum absolute atomic E-state index is 0.0150. The van der Waals surface area contributed by atoms with Crippen molar-refractivity contribution in [3.8, 4) is 0 Å². The van der Waals surface area contributed by atoms with Gasteiger partial charge in [-0.2, -0.15) is 0 Å². The standard InChI is InChI=1S/C10H16N2O2S/c1-6(12(3)4)9(14)8(7(2)13)10(11)15-5/h11,14H,1H2,2-5H3/b9-8-,11-10?. The van der Waals surface area contributed by atoms with Gasteiger partial charge in [0, 0.05) is 14.1 Å². The number of carbonyl (C=O) groups excluding carboxylic acids is 1. The second-order valence-electron chi connectivity index (χ2n) is 3.15. The number of thioether (sulfide) groups is 1. The highest BCUT2D eigenvalue weighted by Crippen LogP contribution is 2.18. The van der Waals surface area contributed by atoms with E-state index in [1.165, 1.54) is 6.92 Å². The van der Waals surface area contributed by atoms with Gasteiger partial charge in [-0.1, -0.05) is 6.58 Å². The molecule has 5 heteroatoms. The second-order valence-corrected chi connectivity index (χ2v) is 3.97. The lowest BCUT2D eigenvalue weighted by Crippen LogP contribution is -2.17. The molecule has 0 amide bonds. The second kappa shape index (κ2) is 5.60. The van der Waals surface area contributed by atoms with Crippen LogP contribution in [0.1, 0.15) is 6.92 Å². The Bertz CT molecular complexity index is 332. The number of ketones is 1. The Morgan fingerprint density at radius 2 is 1.93 bits per heavy atom. The van der Waals surface area contributed by atoms with Gasteiger partial charge in [-0.25, -0.2) is 0 Å². The third kappa shape index (κ3) is 3.43. The third-order valence-corrected chi connectivity index (χ3v) is 2.45. The Balaban J connectivity index is 5.38. The fourth-order valence-electron chi connectivity index (χ4n) is 0.892. The van der Waals surface area contributed by atoms with Gasteiger partial charge >= 0.3 is 0 Å². The van der Waals surface area contributed by atoms with Gasteiger partial charge in [-0.15, -0.1) is 11.8 Å². The molecule has 0 aliphatic carbocycles. The molecule has 0 aromatic heterocycles. The molecule has 0 aromatic carbocycles. The van der Waals surface area contributed by atoms with Crippen LogP contribution in [0.2, 0.25) is 0 Å². The Hall–Kier alpha value is -1.23. The van der Waals surface area contributed by atoms with Crippen molar-refractivity contribution in [2.45, 2.75) is 6.92 Å². The maximum Gasteiger partial charge on any atom is 0.166 e. The molecule has 4 nitrogen and oxygen atoms in total. The predicted molar refractivity (Wildman–Crippen MR) is 64.4 cm³/mol. The Morgan fingerprint density at radius 1 is 1.47 bits per heavy atom. The molecule has 0 rings (SSSR count). The van der Waals surface area contributed by atoms with Gasteiger partial charge < -0.3 is 10.0 Å². The van der Waals surface area contributed by atoms with Crippen LogP contribution in [0.5, 0.6) is 0 Å². The molecule has 2 N–H and O–H groups in total. The molecule has 0 spiro atoms. The number of nitrogens with one attached hydrogen (secondary N) is 1. The summed E-state index contributed by atoms with van der Waals surface area (Å²) in [7, 11) is 3.41. The van der Waals surface area contributed by atoms with Gasteiger partial charge in [0.2, 0.25) is 0 Å². The van der Waals surface area contributed by atoms with Crippen molar-refractivity contribution in [3.63, 3.8) is 0 Å². The largest absolute Gasteiger partial charge is 0.505 e. The zero-order chi connectivity index (χ0) is 12.2. The third-order valence-electron chi connectivity index (χ3n) is 1.83. The van der Waals surface area contributed by atoms with Crippen LogP contribution in [-0.2, 0) is 4.79 Å². The summed E-state index contributed by atoms with van der Waals surface area (Å²) >= 11 is 1.10. The minimum atomic E-state index is -0.338. The first-order valence-corrected chi connectivity index (χ1v) is 5.49. The van der Waals surface area contributed by atoms with E-state index in [-0.39, 0.29) is 22.2 Å². The van der Waals surface area contributed by atoms with Crippen LogP contribution in [0.4, 0.5) is 0 Å². The zero-order valence-electron chi connectivity index (χ0n) is 9.42. The van der Waals surface area contributed by atoms with Gasteiger partial charge in [-0.05, 0) is 13.2 Å². The lowest BCUT2D eigenvalue weighted by atomic mass is 10.1. The molecule has 0 bridgehead atoms. The summed E-state index contributed by atoms with van der Waals surface area (Å²) in [6.45, 7) is 4.95. The maximum absolute atomic E-state index is 11.3. The van der Waals surface area contributed by atoms with Crippen LogP contribution in [0.25, 0.3) is 0 Å². The number of hydrogen-bond donors (Lipinski definition) is 2. The van der Waals surface area contributed by atoms with Gasteiger partial charge in [0.15, 0.2) is 11.5 Å². The van der Waals surface area contributed by atoms with E-state index in [1.807, 2.05) is 0 Å². The van der Waals surface area contributed by atoms with E-state index in [0.29, 0.717) is 5.70 Å². The number of carbonyl (C=O) groups is 1. The van der Waals surface area contributed by atoms with Crippen molar-refractivity contribution in [3.05, 3.63) is 23.6 Å². The first kappa shape index (κ1) is 13.8. The monoisotopic (exact) mass is 228 g/mol. The van der Waals surface area contributed by atoms with Crippen molar-refractivity contribution in [1.82, 2.24) is 4.90 Å². The van der Waals surface area contributed by atoms with E-state index in [0.717, 1.165) is 11.8 Å². The number of aliphatic hydroxyl groups excluding tert-OH is 1. The van der Waals surface area contributed by atoms with Crippen LogP contribution in [0.3, 0.4) is 0 Å². The van der Waals surface area contributed by atoms with E-state index in [1.54, 1.807) is 25.3 Å². The van der Waals surface area contributed by atoms with Gasteiger partial charge in [0.1, 0.15) is 5.04 Å². The summed E-state index contributed by atoms with van der Waals surface area (Å²) < 4.78 is 0. The lowest BCUT2D eigenvalue weighted by Gasteiger charge is -2.17. The summed E-state index contributed by atoms with van der Waals surface area (Å²) in [6, 6.07) is 0. The summed E-state index contributed by atoms with van der Waals surface area (Å²) in [5.41, 5.74) is 0.334. The van der Waals surface area contributed by atoms with Crippen molar-refractivity contribution in [1.29, 1.82) is 5.41 Å². The van der Waals surface area contributed by atoms with Gasteiger partial charge in [0.05, 0.1) is 11.3 Å². The average molecular weight is 228 g/mol. The van der Waals surface area contributed by atoms with Crippen molar-refractivity contribution < 1.29 is 9.90 Å². The number of hydrogen-bond acceptors (Lipinski definition) is 5. The SMILES string of the molecule is C=C(/C(O)=C(/C(=N)SC)C(C)=O)N(C)C. The van der Waals surface area contributed by atoms with E-state index in [2.05, 4.69) is 6.58 Å². The molecule has 84 valence electrons. The van der Waals surface area contributed by atoms with Crippen LogP contribution in [-0.4, -0.2) is 41.2 Å². The summed E-state index contributed by atoms with van der Waals surface area (Å²) in [5, 5.41) is 17.4. The molecule has 15 heavy (non-hydrogen) atoms. The minimum Gasteiger partial charge on any atom is -0.505 e. The normalized spacial score (nSPS) is 11.7. The highest BCUT2D eigenvalue weighted by molar-refractivity contribution is 8.13. The smallest absolute Gasteiger partial charge is 0.166 e. The summed E-state index contributed by atoms with van der Waals surface area (Å²) in [4.78, 5) is 12.9. The Morgan fingerprint density at radius 3 is 2.20 bits per heavy atom. The van der Waals surface area contributed by atoms with E-state index in [4.69, 9.17) is 5.41 Å². The highest BCUT2D eigenvalue weighted by atomic mass is 32.2. The number of Topliss-reactive ketones (excluding diaryl/α,β-unsaturated/α-hetero) is 1. The van der Waals surface area contributed by atoms with Gasteiger partial charge in [-0.3, -0.25) is 10.2 Å². The molecular weight excluding hydrogens is 212 g/mol. The fraction of sp³-hybridized carbons (Fsp3) is 0.400. The summed E-state index contributed by atoms with van der Waals surface area (Å²) in [5.74, 6) is -0.568. The van der Waals surface area contributed by atoms with Crippen molar-refractivity contribution in [2.75, 3.05) is 20.4 Å². The van der Waals surface area contributed by atoms with Crippen LogP contribution in [0.15, 0.2) is 23.6 Å². The number of aliphatic hydroxyl groups is 1. The zero-order valence-corrected chi connectivity index (χ0v) is 10.2. The van der Waals surface area contributed by atoms with Gasteiger partial charge in [0.25, 0.3) is 0 Å². The first-order chi connectivity index (χ1) is 6.82. The number of rotatable bonds is 4. The van der Waals surface area contributed by atoms with Crippen LogP contribution < -0.4 is 0 Å². The molecule has 0 aliphatic rings. The van der Waals surface area contributed by atoms with E-state index in [9.17, 15) is 9.90 Å². The Kier molecular flexibility index (Phi) is 5.14. The number of nitrogens with zero attached hydrogens (tertiary/aromatic N) is 1. The first-order valence-electron chi connectivity index (χ1n) is 4.26. The number of likely N-dealkylation sites (N-methyl/N-ethyl adjacent to an activating group) is 1. The molecular formula is C10H16N2O2S. The molecule has 0 saturated heterocycles. The topological polar surface area (TPSA) is 64.4 Å². The molecule has 0 saturated carbocycles. The van der Waals surface area contributed by atoms with E-state index >= 15 is 0 Å². The van der Waals surface area contributed by atoms with Crippen LogP contribution in [0, 0.1) is 5.41 Å². The molecule has 0 aromatic rings. The summed E-state index contributed by atoms with van der Waals surface area (Å²) in [6.07, 6.45) is 1.68. The van der Waals surface area contributed by atoms with Crippen LogP contribution >= 0.6 is 11.8 Å². The predicted octanol–water partition coefficient (Wildman–Crippen LogP) is 1.80. The van der Waals surface area contributed by atoms with Crippen molar-refractivity contribution in [2.24, 2.45) is 0 Å². The van der Waals surface area contributed by atoms with E-state index < -0.39 is 0 Å². The maximum atomic E-state index is 11.3. The lowest BCUT2D eigenvalue weighted by molar-refractivity contribution is -0.113. The molecule has 0 fully saturated rings. The quantitative estimate of drug-likeness (QED) is 0.253. The molecule has 0 unspecified atom stereocenters. The molecule has 0 aliphatic heterocycles. The molecule has 0 heterocycles. The Labute approximate surface area is 94.2 Å². The molecule has 0 atom stereocenters. The van der Waals surface area contributed by atoms with Crippen molar-refractivity contribution >= 4 is 22.6 Å². The fourth-order valence-corrected chi connectivity index (χ4v) is 1.34. The molecule has 0 radical (unpaired) electrons.